The maximum absolute atomic E-state index is 12.1. The van der Waals surface area contributed by atoms with Crippen LogP contribution in [0.4, 0.5) is 0 Å². The normalized spacial score (nSPS) is 20.3. The lowest BCUT2D eigenvalue weighted by Crippen LogP contribution is -2.47. The van der Waals surface area contributed by atoms with Crippen LogP contribution in [0.25, 0.3) is 0 Å². The van der Waals surface area contributed by atoms with Gasteiger partial charge in [-0.1, -0.05) is 0 Å². The first-order chi connectivity index (χ1) is 15.2. The van der Waals surface area contributed by atoms with Crippen molar-refractivity contribution in [2.45, 2.75) is 31.7 Å². The largest absolute Gasteiger partial charge is 0.480 e. The van der Waals surface area contributed by atoms with Crippen molar-refractivity contribution in [1.29, 1.82) is 0 Å². The Labute approximate surface area is 184 Å². The van der Waals surface area contributed by atoms with Gasteiger partial charge in [0.05, 0.1) is 19.5 Å². The van der Waals surface area contributed by atoms with Crippen LogP contribution in [0.1, 0.15) is 25.7 Å². The minimum absolute atomic E-state index is 0.0399. The van der Waals surface area contributed by atoms with Gasteiger partial charge in [0.25, 0.3) is 11.8 Å². The van der Waals surface area contributed by atoms with Crippen molar-refractivity contribution in [3.8, 4) is 0 Å². The van der Waals surface area contributed by atoms with Crippen LogP contribution in [0.15, 0.2) is 0 Å². The topological polar surface area (TPSA) is 165 Å². The van der Waals surface area contributed by atoms with Gasteiger partial charge in [-0.25, -0.2) is 4.79 Å². The highest BCUT2D eigenvalue weighted by Crippen LogP contribution is 2.15. The monoisotopic (exact) mass is 456 g/mol. The Morgan fingerprint density at radius 1 is 0.938 bits per heavy atom. The zero-order chi connectivity index (χ0) is 23.7. The number of carbonyl (C=O) groups is 6. The quantitative estimate of drug-likeness (QED) is 0.275. The Morgan fingerprint density at radius 2 is 1.50 bits per heavy atom. The number of aliphatic carboxylic acids is 2. The molecule has 13 heteroatoms. The van der Waals surface area contributed by atoms with Crippen molar-refractivity contribution < 1.29 is 43.8 Å². The van der Waals surface area contributed by atoms with Crippen LogP contribution < -0.4 is 0 Å². The van der Waals surface area contributed by atoms with Gasteiger partial charge >= 0.3 is 17.9 Å². The minimum Gasteiger partial charge on any atom is -0.480 e. The van der Waals surface area contributed by atoms with Gasteiger partial charge in [-0.15, -0.1) is 5.06 Å². The third kappa shape index (κ3) is 7.66. The number of aldehydes is 1. The second-order valence-electron chi connectivity index (χ2n) is 7.61. The van der Waals surface area contributed by atoms with Gasteiger partial charge in [-0.3, -0.25) is 33.9 Å². The fraction of sp³-hybridized carbons (Fsp3) is 0.684. The Balaban J connectivity index is 2.02. The molecule has 1 unspecified atom stereocenters. The SMILES string of the molecule is O=CCN1CCN(CC(=O)O)CCN(C(CCC(=O)ON2C(=O)CCC2=O)C(=O)O)CC1. The molecule has 2 saturated heterocycles. The van der Waals surface area contributed by atoms with E-state index in [1.54, 1.807) is 14.7 Å². The first kappa shape index (κ1) is 25.4. The lowest BCUT2D eigenvalue weighted by atomic mass is 10.1. The molecular weight excluding hydrogens is 428 g/mol. The van der Waals surface area contributed by atoms with Crippen molar-refractivity contribution in [2.24, 2.45) is 0 Å². The van der Waals surface area contributed by atoms with E-state index >= 15 is 0 Å². The molecule has 0 aliphatic carbocycles. The Bertz CT molecular complexity index is 728. The van der Waals surface area contributed by atoms with Crippen molar-refractivity contribution >= 4 is 36.0 Å². The van der Waals surface area contributed by atoms with Crippen molar-refractivity contribution in [3.63, 3.8) is 0 Å². The van der Waals surface area contributed by atoms with Crippen LogP contribution >= 0.6 is 0 Å². The van der Waals surface area contributed by atoms with Crippen LogP contribution in [0.5, 0.6) is 0 Å². The Kier molecular flexibility index (Phi) is 9.68. The third-order valence-corrected chi connectivity index (χ3v) is 5.38. The number of hydrogen-bond donors (Lipinski definition) is 2. The average molecular weight is 456 g/mol. The number of carboxylic acids is 2. The maximum Gasteiger partial charge on any atom is 0.333 e. The summed E-state index contributed by atoms with van der Waals surface area (Å²) < 4.78 is 0. The van der Waals surface area contributed by atoms with Crippen molar-refractivity contribution in [3.05, 3.63) is 0 Å². The fourth-order valence-electron chi connectivity index (χ4n) is 3.63. The summed E-state index contributed by atoms with van der Waals surface area (Å²) in [4.78, 5) is 79.1. The summed E-state index contributed by atoms with van der Waals surface area (Å²) in [7, 11) is 0. The molecule has 2 fully saturated rings. The van der Waals surface area contributed by atoms with Crippen LogP contribution in [0, 0.1) is 0 Å². The first-order valence-corrected chi connectivity index (χ1v) is 10.3. The number of carbonyl (C=O) groups excluding carboxylic acids is 4. The van der Waals surface area contributed by atoms with E-state index in [9.17, 15) is 33.9 Å². The highest BCUT2D eigenvalue weighted by Gasteiger charge is 2.34. The predicted octanol–water partition coefficient (Wildman–Crippen LogP) is -1.97. The standard InChI is InChI=1S/C19H28N4O9/c24-12-11-20-5-6-21(13-17(27)28)8-10-22(9-7-20)14(19(30)31)1-4-18(29)32-23-15(25)2-3-16(23)26/h12,14H,1-11,13H2,(H,27,28)(H,30,31). The summed E-state index contributed by atoms with van der Waals surface area (Å²) in [5.41, 5.74) is 0. The van der Waals surface area contributed by atoms with Crippen molar-refractivity contribution in [1.82, 2.24) is 19.8 Å². The molecule has 0 radical (unpaired) electrons. The number of rotatable bonds is 10. The molecule has 1 atom stereocenters. The Morgan fingerprint density at radius 3 is 2.06 bits per heavy atom. The number of amides is 2. The zero-order valence-corrected chi connectivity index (χ0v) is 17.7. The van der Waals surface area contributed by atoms with E-state index in [1.165, 1.54) is 0 Å². The number of carboxylic acid groups (broad SMARTS) is 2. The summed E-state index contributed by atoms with van der Waals surface area (Å²) >= 11 is 0. The molecule has 32 heavy (non-hydrogen) atoms. The number of hydroxylamine groups is 2. The fourth-order valence-corrected chi connectivity index (χ4v) is 3.63. The van der Waals surface area contributed by atoms with E-state index in [-0.39, 0.29) is 45.3 Å². The van der Waals surface area contributed by atoms with Gasteiger partial charge < -0.3 is 19.8 Å². The van der Waals surface area contributed by atoms with E-state index in [4.69, 9.17) is 9.94 Å². The van der Waals surface area contributed by atoms with Gasteiger partial charge in [0.1, 0.15) is 12.3 Å². The van der Waals surface area contributed by atoms with Gasteiger partial charge in [0.2, 0.25) is 0 Å². The average Bonchev–Trinajstić information content (AvgIpc) is 3.07. The van der Waals surface area contributed by atoms with E-state index in [1.807, 2.05) is 0 Å². The van der Waals surface area contributed by atoms with E-state index in [0.29, 0.717) is 37.8 Å². The van der Waals surface area contributed by atoms with Gasteiger partial charge in [0.15, 0.2) is 0 Å². The summed E-state index contributed by atoms with van der Waals surface area (Å²) in [6, 6.07) is -1.07. The molecule has 0 bridgehead atoms. The van der Waals surface area contributed by atoms with Crippen LogP contribution in [0.3, 0.4) is 0 Å². The first-order valence-electron chi connectivity index (χ1n) is 10.3. The highest BCUT2D eigenvalue weighted by molar-refractivity contribution is 6.01. The summed E-state index contributed by atoms with van der Waals surface area (Å²) in [6.07, 6.45) is 0.192. The second-order valence-corrected chi connectivity index (χ2v) is 7.61. The molecule has 0 spiro atoms. The second kappa shape index (κ2) is 12.2. The maximum atomic E-state index is 12.1. The van der Waals surface area contributed by atoms with Gasteiger partial charge in [0, 0.05) is 52.1 Å². The van der Waals surface area contributed by atoms with E-state index in [0.717, 1.165) is 6.29 Å². The predicted molar refractivity (Wildman–Crippen MR) is 106 cm³/mol. The molecule has 2 amide bonds. The van der Waals surface area contributed by atoms with Crippen LogP contribution in [-0.2, 0) is 33.6 Å². The smallest absolute Gasteiger partial charge is 0.333 e. The number of hydrogen-bond acceptors (Lipinski definition) is 10. The lowest BCUT2D eigenvalue weighted by Gasteiger charge is -2.30. The molecule has 2 aliphatic heterocycles. The Hall–Kier alpha value is -2.90. The number of imide groups is 1. The molecule has 0 aromatic carbocycles. The van der Waals surface area contributed by atoms with E-state index in [2.05, 4.69) is 0 Å². The number of nitrogens with zero attached hydrogens (tertiary/aromatic N) is 4. The molecule has 0 aromatic rings. The molecule has 2 aliphatic rings. The molecule has 2 rings (SSSR count). The van der Waals surface area contributed by atoms with Crippen molar-refractivity contribution in [2.75, 3.05) is 52.4 Å². The molecular formula is C19H28N4O9. The molecule has 2 N–H and O–H groups in total. The van der Waals surface area contributed by atoms with Gasteiger partial charge in [-0.05, 0) is 6.42 Å². The third-order valence-electron chi connectivity index (χ3n) is 5.38. The zero-order valence-electron chi connectivity index (χ0n) is 17.7. The molecule has 0 saturated carbocycles. The molecule has 178 valence electrons. The summed E-state index contributed by atoms with van der Waals surface area (Å²) in [5, 5.41) is 19.3. The molecule has 0 aromatic heterocycles. The minimum atomic E-state index is -1.17. The van der Waals surface area contributed by atoms with Gasteiger partial charge in [-0.2, -0.15) is 0 Å². The van der Waals surface area contributed by atoms with E-state index < -0.39 is 35.8 Å². The molecule has 2 heterocycles. The van der Waals surface area contributed by atoms with Crippen LogP contribution in [0.2, 0.25) is 0 Å². The lowest BCUT2D eigenvalue weighted by molar-refractivity contribution is -0.197. The van der Waals surface area contributed by atoms with Crippen LogP contribution in [-0.4, -0.2) is 124 Å². The highest BCUT2D eigenvalue weighted by atomic mass is 16.7. The summed E-state index contributed by atoms with van der Waals surface area (Å²) in [5.74, 6) is -4.31. The summed E-state index contributed by atoms with van der Waals surface area (Å²) in [6.45, 7) is 2.03. The molecule has 13 nitrogen and oxygen atoms in total.